The molecule has 0 spiro atoms. The Morgan fingerprint density at radius 2 is 0.300 bits per heavy atom. The van der Waals surface area contributed by atoms with Gasteiger partial charge >= 0.3 is 0 Å². The third-order valence-electron chi connectivity index (χ3n) is 13.0. The fourth-order valence-electron chi connectivity index (χ4n) is 7.64. The van der Waals surface area contributed by atoms with E-state index >= 15 is 0 Å². The van der Waals surface area contributed by atoms with Crippen molar-refractivity contribution in [1.82, 2.24) is 63.7 Å². The minimum atomic E-state index is 0.110. The molecule has 0 fully saturated rings. The molecular weight excluding hydrogens is 899 g/mol. The summed E-state index contributed by atoms with van der Waals surface area (Å²) in [4.78, 5) is 29.7. The van der Waals surface area contributed by atoms with E-state index in [2.05, 4.69) is 106 Å². The number of likely N-dealkylation sites (N-methyl/N-ethyl adjacent to an activating group) is 8. The van der Waals surface area contributed by atoms with Gasteiger partial charge in [-0.05, 0) is 69.3 Å². The van der Waals surface area contributed by atoms with Crippen molar-refractivity contribution in [1.29, 1.82) is 0 Å². The second-order valence-electron chi connectivity index (χ2n) is 19.4. The van der Waals surface area contributed by atoms with E-state index in [1.165, 1.54) is 0 Å². The van der Waals surface area contributed by atoms with E-state index in [-0.39, 0.29) is 52.9 Å². The number of aliphatic hydroxyl groups is 8. The zero-order chi connectivity index (χ0) is 52.8. The molecule has 0 rings (SSSR count). The van der Waals surface area contributed by atoms with E-state index in [0.717, 1.165) is 157 Å². The van der Waals surface area contributed by atoms with Crippen LogP contribution in [0.25, 0.3) is 0 Å². The standard InChI is InChI=1S/C41H95N11O6.C8H20N2O2/c1-8-9-42(2)12-18-49(25-24-48(19-16-46(6)31-37-54)20-17-47(7)32-38-55)26-27-52(35-41-58)29-28-51(34-40-57)23-15-44(4)14-22-50(33-39-56)21-13-43(3)10-11-45(5)30-36-53;1-9(5-7-11)3-4-10(2)6-8-12/h53-58H,8-41H2,1-7H3;11-12H,3-8H2,1-2H3. The molecule has 0 aromatic rings. The lowest BCUT2D eigenvalue weighted by molar-refractivity contribution is 0.119. The number of hydrogen-bond donors (Lipinski definition) is 8. The molecule has 0 saturated carbocycles. The molecule has 0 aliphatic carbocycles. The van der Waals surface area contributed by atoms with E-state index in [1.54, 1.807) is 0 Å². The van der Waals surface area contributed by atoms with E-state index in [4.69, 9.17) is 15.3 Å². The minimum absolute atomic E-state index is 0.110. The lowest BCUT2D eigenvalue weighted by Crippen LogP contribution is -2.47. The first kappa shape index (κ1) is 71.2. The van der Waals surface area contributed by atoms with Gasteiger partial charge in [0.2, 0.25) is 0 Å². The molecule has 21 heteroatoms. The van der Waals surface area contributed by atoms with Crippen molar-refractivity contribution in [2.75, 3.05) is 312 Å². The second-order valence-corrected chi connectivity index (χ2v) is 19.4. The Morgan fingerprint density at radius 3 is 0.471 bits per heavy atom. The zero-order valence-corrected chi connectivity index (χ0v) is 46.7. The largest absolute Gasteiger partial charge is 0.395 e. The summed E-state index contributed by atoms with van der Waals surface area (Å²) >= 11 is 0. The summed E-state index contributed by atoms with van der Waals surface area (Å²) in [6.07, 6.45) is 1.13. The fraction of sp³-hybridized carbons (Fsp3) is 1.00. The van der Waals surface area contributed by atoms with E-state index < -0.39 is 0 Å². The summed E-state index contributed by atoms with van der Waals surface area (Å²) in [7, 11) is 16.5. The molecular formula is C49H115N13O8. The second kappa shape index (κ2) is 50.3. The van der Waals surface area contributed by atoms with Gasteiger partial charge in [0, 0.05) is 196 Å². The Kier molecular flexibility index (Phi) is 51.2. The van der Waals surface area contributed by atoms with Crippen molar-refractivity contribution in [2.24, 2.45) is 0 Å². The van der Waals surface area contributed by atoms with Gasteiger partial charge in [0.1, 0.15) is 0 Å². The lowest BCUT2D eigenvalue weighted by atomic mass is 10.3. The highest BCUT2D eigenvalue weighted by molar-refractivity contribution is 4.73. The van der Waals surface area contributed by atoms with Gasteiger partial charge in [-0.3, -0.25) is 24.5 Å². The Morgan fingerprint density at radius 1 is 0.171 bits per heavy atom. The highest BCUT2D eigenvalue weighted by Crippen LogP contribution is 2.02. The summed E-state index contributed by atoms with van der Waals surface area (Å²) in [6, 6.07) is 0. The van der Waals surface area contributed by atoms with Gasteiger partial charge in [-0.1, -0.05) is 6.92 Å². The average molecular weight is 1010 g/mol. The van der Waals surface area contributed by atoms with Crippen LogP contribution in [0.1, 0.15) is 13.3 Å². The summed E-state index contributed by atoms with van der Waals surface area (Å²) in [5, 5.41) is 74.8. The third kappa shape index (κ3) is 44.6. The summed E-state index contributed by atoms with van der Waals surface area (Å²) in [5.74, 6) is 0. The molecule has 0 bridgehead atoms. The van der Waals surface area contributed by atoms with Crippen LogP contribution < -0.4 is 0 Å². The summed E-state index contributed by atoms with van der Waals surface area (Å²) in [6.45, 7) is 29.8. The number of hydrogen-bond acceptors (Lipinski definition) is 21. The van der Waals surface area contributed by atoms with Gasteiger partial charge in [0.05, 0.1) is 52.9 Å². The van der Waals surface area contributed by atoms with Gasteiger partial charge in [0.25, 0.3) is 0 Å². The Bertz CT molecular complexity index is 1050. The number of rotatable bonds is 51. The van der Waals surface area contributed by atoms with Crippen molar-refractivity contribution in [3.05, 3.63) is 0 Å². The van der Waals surface area contributed by atoms with Crippen LogP contribution in [-0.2, 0) is 0 Å². The Labute approximate surface area is 428 Å². The molecule has 0 aromatic heterocycles. The molecule has 0 atom stereocenters. The van der Waals surface area contributed by atoms with Gasteiger partial charge < -0.3 is 80.1 Å². The van der Waals surface area contributed by atoms with Gasteiger partial charge in [-0.25, -0.2) is 0 Å². The fourth-order valence-corrected chi connectivity index (χ4v) is 7.64. The quantitative estimate of drug-likeness (QED) is 0.0289. The Hall–Kier alpha value is -0.840. The maximum absolute atomic E-state index is 10.0. The summed E-state index contributed by atoms with van der Waals surface area (Å²) in [5.41, 5.74) is 0. The highest BCUT2D eigenvalue weighted by Gasteiger charge is 2.16. The van der Waals surface area contributed by atoms with E-state index in [9.17, 15) is 25.5 Å². The SMILES string of the molecule is CCCN(C)CCN(CCN(CCN(C)CCO)CCN(C)CCO)CCN(CCO)CCN(CCO)CCN(C)CCN(CCO)CCN(C)CCN(C)CCO.CN(CCO)CCN(C)CCO. The Balaban J connectivity index is 0. The molecule has 0 heterocycles. The molecule has 0 unspecified atom stereocenters. The molecule has 0 amide bonds. The molecule has 0 aromatic carbocycles. The predicted octanol–water partition coefficient (Wildman–Crippen LogP) is -4.71. The summed E-state index contributed by atoms with van der Waals surface area (Å²) < 4.78 is 0. The molecule has 0 saturated heterocycles. The van der Waals surface area contributed by atoms with Crippen LogP contribution in [0.2, 0.25) is 0 Å². The molecule has 424 valence electrons. The molecule has 70 heavy (non-hydrogen) atoms. The monoisotopic (exact) mass is 1010 g/mol. The molecule has 0 aliphatic heterocycles. The topological polar surface area (TPSA) is 204 Å². The lowest BCUT2D eigenvalue weighted by Gasteiger charge is -2.33. The van der Waals surface area contributed by atoms with Crippen molar-refractivity contribution in [3.63, 3.8) is 0 Å². The maximum atomic E-state index is 10.0. The van der Waals surface area contributed by atoms with Crippen LogP contribution in [0, 0.1) is 0 Å². The first-order chi connectivity index (χ1) is 33.6. The zero-order valence-electron chi connectivity index (χ0n) is 46.7. The molecule has 8 N–H and O–H groups in total. The first-order valence-corrected chi connectivity index (χ1v) is 26.6. The first-order valence-electron chi connectivity index (χ1n) is 26.6. The third-order valence-corrected chi connectivity index (χ3v) is 13.0. The van der Waals surface area contributed by atoms with Crippen LogP contribution in [0.15, 0.2) is 0 Å². The van der Waals surface area contributed by atoms with Crippen molar-refractivity contribution >= 4 is 0 Å². The van der Waals surface area contributed by atoms with Crippen molar-refractivity contribution in [2.45, 2.75) is 13.3 Å². The van der Waals surface area contributed by atoms with Crippen LogP contribution in [0.5, 0.6) is 0 Å². The normalized spacial score (nSPS) is 12.6. The minimum Gasteiger partial charge on any atom is -0.395 e. The van der Waals surface area contributed by atoms with E-state index in [0.29, 0.717) is 52.4 Å². The van der Waals surface area contributed by atoms with Gasteiger partial charge in [-0.15, -0.1) is 0 Å². The van der Waals surface area contributed by atoms with E-state index in [1.807, 2.05) is 21.1 Å². The van der Waals surface area contributed by atoms with Crippen molar-refractivity contribution in [3.8, 4) is 0 Å². The van der Waals surface area contributed by atoms with Crippen LogP contribution in [0.4, 0.5) is 0 Å². The van der Waals surface area contributed by atoms with Crippen LogP contribution in [0.3, 0.4) is 0 Å². The predicted molar refractivity (Wildman–Crippen MR) is 289 cm³/mol. The average Bonchev–Trinajstić information content (AvgIpc) is 3.32. The van der Waals surface area contributed by atoms with Crippen LogP contribution >= 0.6 is 0 Å². The smallest absolute Gasteiger partial charge is 0.0558 e. The van der Waals surface area contributed by atoms with Gasteiger partial charge in [-0.2, -0.15) is 0 Å². The highest BCUT2D eigenvalue weighted by atomic mass is 16.3. The molecule has 0 radical (unpaired) electrons. The maximum Gasteiger partial charge on any atom is 0.0558 e. The van der Waals surface area contributed by atoms with Gasteiger partial charge in [0.15, 0.2) is 0 Å². The van der Waals surface area contributed by atoms with Crippen LogP contribution in [-0.4, -0.2) is 417 Å². The molecule has 0 aliphatic rings. The molecule has 21 nitrogen and oxygen atoms in total. The van der Waals surface area contributed by atoms with Crippen molar-refractivity contribution < 1.29 is 40.9 Å². The number of nitrogens with zero attached hydrogens (tertiary/aromatic N) is 13. The number of aliphatic hydroxyl groups excluding tert-OH is 8.